The van der Waals surface area contributed by atoms with Crippen LogP contribution in [0.4, 0.5) is 0 Å². The summed E-state index contributed by atoms with van der Waals surface area (Å²) < 4.78 is 10.3. The molecule has 0 amide bonds. The fourth-order valence-corrected chi connectivity index (χ4v) is 0.822. The molecule has 2 N–H and O–H groups in total. The van der Waals surface area contributed by atoms with E-state index in [4.69, 9.17) is 15.2 Å². The molecular weight excluding hydrogens is 182 g/mol. The number of hydrogen-bond donors (Lipinski definition) is 1. The third kappa shape index (κ3) is 9.48. The number of esters is 1. The molecule has 4 nitrogen and oxygen atoms in total. The third-order valence-corrected chi connectivity index (χ3v) is 1.47. The first-order valence-electron chi connectivity index (χ1n) is 4.95. The molecule has 0 aromatic rings. The maximum Gasteiger partial charge on any atom is 0.305 e. The highest BCUT2D eigenvalue weighted by atomic mass is 16.6. The van der Waals surface area contributed by atoms with E-state index in [2.05, 4.69) is 0 Å². The van der Waals surface area contributed by atoms with Crippen molar-refractivity contribution in [2.45, 2.75) is 39.2 Å². The zero-order chi connectivity index (χ0) is 11.0. The number of rotatable bonds is 6. The van der Waals surface area contributed by atoms with Crippen LogP contribution in [0.5, 0.6) is 0 Å². The molecule has 0 aromatic heterocycles. The molecule has 0 aromatic carbocycles. The lowest BCUT2D eigenvalue weighted by Gasteiger charge is -2.19. The van der Waals surface area contributed by atoms with E-state index in [0.717, 1.165) is 0 Å². The number of ether oxygens (including phenoxy) is 2. The van der Waals surface area contributed by atoms with Crippen molar-refractivity contribution in [3.8, 4) is 0 Å². The van der Waals surface area contributed by atoms with E-state index in [-0.39, 0.29) is 11.6 Å². The average molecular weight is 203 g/mol. The summed E-state index contributed by atoms with van der Waals surface area (Å²) >= 11 is 0. The van der Waals surface area contributed by atoms with Crippen molar-refractivity contribution in [1.29, 1.82) is 0 Å². The number of hydrogen-bond acceptors (Lipinski definition) is 4. The Bertz CT molecular complexity index is 163. The van der Waals surface area contributed by atoms with Crippen LogP contribution in [-0.2, 0) is 14.3 Å². The average Bonchev–Trinajstić information content (AvgIpc) is 2.07. The predicted molar refractivity (Wildman–Crippen MR) is 55.0 cm³/mol. The standard InChI is InChI=1S/C10H21NO3/c1-10(2,3)14-8-7-13-9(12)5-4-6-11/h4-8,11H2,1-3H3. The predicted octanol–water partition coefficient (Wildman–Crippen LogP) is 1.08. The van der Waals surface area contributed by atoms with E-state index in [1.807, 2.05) is 20.8 Å². The van der Waals surface area contributed by atoms with E-state index in [0.29, 0.717) is 32.6 Å². The second-order valence-electron chi connectivity index (χ2n) is 4.07. The van der Waals surface area contributed by atoms with Crippen molar-refractivity contribution in [1.82, 2.24) is 0 Å². The minimum absolute atomic E-state index is 0.177. The Morgan fingerprint density at radius 1 is 1.29 bits per heavy atom. The van der Waals surface area contributed by atoms with Crippen molar-refractivity contribution in [3.05, 3.63) is 0 Å². The molecule has 84 valence electrons. The Balaban J connectivity index is 3.32. The molecule has 0 saturated heterocycles. The molecular formula is C10H21NO3. The first-order chi connectivity index (χ1) is 6.45. The molecule has 0 saturated carbocycles. The summed E-state index contributed by atoms with van der Waals surface area (Å²) in [4.78, 5) is 11.0. The lowest BCUT2D eigenvalue weighted by Crippen LogP contribution is -2.22. The van der Waals surface area contributed by atoms with Gasteiger partial charge in [0.25, 0.3) is 0 Å². The van der Waals surface area contributed by atoms with Gasteiger partial charge in [-0.1, -0.05) is 0 Å². The van der Waals surface area contributed by atoms with Gasteiger partial charge < -0.3 is 15.2 Å². The van der Waals surface area contributed by atoms with Crippen LogP contribution in [0.25, 0.3) is 0 Å². The highest BCUT2D eigenvalue weighted by molar-refractivity contribution is 5.69. The normalized spacial score (nSPS) is 11.4. The van der Waals surface area contributed by atoms with Crippen molar-refractivity contribution in [2.75, 3.05) is 19.8 Å². The van der Waals surface area contributed by atoms with E-state index >= 15 is 0 Å². The summed E-state index contributed by atoms with van der Waals surface area (Å²) in [5.74, 6) is -0.201. The van der Waals surface area contributed by atoms with Crippen molar-refractivity contribution < 1.29 is 14.3 Å². The van der Waals surface area contributed by atoms with Gasteiger partial charge in [0.15, 0.2) is 0 Å². The van der Waals surface area contributed by atoms with Crippen LogP contribution < -0.4 is 5.73 Å². The van der Waals surface area contributed by atoms with Crippen LogP contribution in [0.2, 0.25) is 0 Å². The van der Waals surface area contributed by atoms with Crippen LogP contribution in [-0.4, -0.2) is 31.3 Å². The summed E-state index contributed by atoms with van der Waals surface area (Å²) in [6.07, 6.45) is 1.07. The van der Waals surface area contributed by atoms with Gasteiger partial charge in [0, 0.05) is 6.42 Å². The van der Waals surface area contributed by atoms with E-state index in [9.17, 15) is 4.79 Å². The first kappa shape index (κ1) is 13.4. The largest absolute Gasteiger partial charge is 0.463 e. The Kier molecular flexibility index (Phi) is 6.49. The van der Waals surface area contributed by atoms with Crippen molar-refractivity contribution in [3.63, 3.8) is 0 Å². The Morgan fingerprint density at radius 3 is 2.43 bits per heavy atom. The van der Waals surface area contributed by atoms with Gasteiger partial charge in [0.1, 0.15) is 6.61 Å². The number of nitrogens with two attached hydrogens (primary N) is 1. The molecule has 14 heavy (non-hydrogen) atoms. The lowest BCUT2D eigenvalue weighted by atomic mass is 10.2. The quantitative estimate of drug-likeness (QED) is 0.518. The Labute approximate surface area is 85.8 Å². The van der Waals surface area contributed by atoms with Crippen LogP contribution in [0, 0.1) is 0 Å². The van der Waals surface area contributed by atoms with Gasteiger partial charge in [-0.05, 0) is 33.7 Å². The van der Waals surface area contributed by atoms with Gasteiger partial charge in [0.2, 0.25) is 0 Å². The lowest BCUT2D eigenvalue weighted by molar-refractivity contribution is -0.146. The maximum atomic E-state index is 11.0. The van der Waals surface area contributed by atoms with Crippen LogP contribution in [0.1, 0.15) is 33.6 Å². The minimum atomic E-state index is -0.201. The second-order valence-corrected chi connectivity index (χ2v) is 4.07. The molecule has 0 bridgehead atoms. The number of carbonyl (C=O) groups is 1. The molecule has 0 radical (unpaired) electrons. The molecule has 0 rings (SSSR count). The summed E-state index contributed by atoms with van der Waals surface area (Å²) in [5, 5.41) is 0. The molecule has 0 spiro atoms. The van der Waals surface area contributed by atoms with Crippen LogP contribution >= 0.6 is 0 Å². The van der Waals surface area contributed by atoms with Gasteiger partial charge >= 0.3 is 5.97 Å². The van der Waals surface area contributed by atoms with Gasteiger partial charge in [-0.15, -0.1) is 0 Å². The molecule has 4 heteroatoms. The molecule has 0 aliphatic rings. The molecule has 0 aliphatic heterocycles. The summed E-state index contributed by atoms with van der Waals surface area (Å²) in [7, 11) is 0. The second kappa shape index (κ2) is 6.79. The van der Waals surface area contributed by atoms with E-state index in [1.165, 1.54) is 0 Å². The Morgan fingerprint density at radius 2 is 1.93 bits per heavy atom. The third-order valence-electron chi connectivity index (χ3n) is 1.47. The minimum Gasteiger partial charge on any atom is -0.463 e. The van der Waals surface area contributed by atoms with Gasteiger partial charge in [-0.3, -0.25) is 4.79 Å². The fraction of sp³-hybridized carbons (Fsp3) is 0.900. The summed E-state index contributed by atoms with van der Waals surface area (Å²) in [6.45, 7) is 7.17. The topological polar surface area (TPSA) is 61.5 Å². The highest BCUT2D eigenvalue weighted by Crippen LogP contribution is 2.05. The van der Waals surface area contributed by atoms with Crippen LogP contribution in [0.3, 0.4) is 0 Å². The zero-order valence-electron chi connectivity index (χ0n) is 9.34. The van der Waals surface area contributed by atoms with E-state index < -0.39 is 0 Å². The fourth-order valence-electron chi connectivity index (χ4n) is 0.822. The van der Waals surface area contributed by atoms with Gasteiger partial charge in [0.05, 0.1) is 12.2 Å². The Hall–Kier alpha value is -0.610. The maximum absolute atomic E-state index is 11.0. The SMILES string of the molecule is CC(C)(C)OCCOC(=O)CCCN. The zero-order valence-corrected chi connectivity index (χ0v) is 9.34. The van der Waals surface area contributed by atoms with Crippen molar-refractivity contribution in [2.24, 2.45) is 5.73 Å². The van der Waals surface area contributed by atoms with E-state index in [1.54, 1.807) is 0 Å². The molecule has 0 fully saturated rings. The molecule has 0 heterocycles. The molecule has 0 atom stereocenters. The van der Waals surface area contributed by atoms with Gasteiger partial charge in [-0.2, -0.15) is 0 Å². The van der Waals surface area contributed by atoms with Crippen LogP contribution in [0.15, 0.2) is 0 Å². The summed E-state index contributed by atoms with van der Waals surface area (Å²) in [6, 6.07) is 0. The number of carbonyl (C=O) groups excluding carboxylic acids is 1. The smallest absolute Gasteiger partial charge is 0.305 e. The highest BCUT2D eigenvalue weighted by Gasteiger charge is 2.09. The summed E-state index contributed by atoms with van der Waals surface area (Å²) in [5.41, 5.74) is 5.08. The van der Waals surface area contributed by atoms with Crippen molar-refractivity contribution >= 4 is 5.97 Å². The molecule has 0 unspecified atom stereocenters. The first-order valence-corrected chi connectivity index (χ1v) is 4.95. The molecule has 0 aliphatic carbocycles. The monoisotopic (exact) mass is 203 g/mol. The van der Waals surface area contributed by atoms with Gasteiger partial charge in [-0.25, -0.2) is 0 Å².